The number of hydrogen-bond donors (Lipinski definition) is 2. The van der Waals surface area contributed by atoms with Gasteiger partial charge >= 0.3 is 11.9 Å². The lowest BCUT2D eigenvalue weighted by atomic mass is 9.85. The molecule has 3 fully saturated rings. The van der Waals surface area contributed by atoms with E-state index in [1.54, 1.807) is 31.5 Å². The van der Waals surface area contributed by atoms with E-state index in [1.807, 2.05) is 0 Å². The highest BCUT2D eigenvalue weighted by Crippen LogP contribution is 2.46. The summed E-state index contributed by atoms with van der Waals surface area (Å²) in [5.41, 5.74) is 1.06. The lowest BCUT2D eigenvalue weighted by molar-refractivity contribution is -0.145. The third-order valence-electron chi connectivity index (χ3n) is 9.31. The largest absolute Gasteiger partial charge is 0.481 e. The van der Waals surface area contributed by atoms with Crippen molar-refractivity contribution in [2.45, 2.75) is 76.0 Å². The Kier molecular flexibility index (Phi) is 8.46. The normalized spacial score (nSPS) is 28.1. The lowest BCUT2D eigenvalue weighted by Gasteiger charge is -2.38. The summed E-state index contributed by atoms with van der Waals surface area (Å²) in [6.45, 7) is 2.49. The molecule has 3 aliphatic heterocycles. The van der Waals surface area contributed by atoms with Crippen LogP contribution in [0, 0.1) is 18.7 Å². The van der Waals surface area contributed by atoms with Crippen LogP contribution in [-0.2, 0) is 19.1 Å². The van der Waals surface area contributed by atoms with E-state index < -0.39 is 60.3 Å². The monoisotopic (exact) mass is 645 g/mol. The molecular formula is C31H34F3N5O5S. The predicted octanol–water partition coefficient (Wildman–Crippen LogP) is 4.06. The molecule has 0 bridgehead atoms. The number of rotatable bonds is 8. The van der Waals surface area contributed by atoms with Gasteiger partial charge in [0.2, 0.25) is 5.91 Å². The highest BCUT2D eigenvalue weighted by molar-refractivity contribution is 7.11. The molecule has 10 nitrogen and oxygen atoms in total. The molecule has 0 spiro atoms. The van der Waals surface area contributed by atoms with Gasteiger partial charge in [0.25, 0.3) is 5.92 Å². The number of fused-ring (bicyclic) bond motifs is 1. The van der Waals surface area contributed by atoms with Gasteiger partial charge in [0.05, 0.1) is 24.6 Å². The molecule has 2 saturated heterocycles. The second kappa shape index (κ2) is 12.2. The predicted molar refractivity (Wildman–Crippen MR) is 158 cm³/mol. The Balaban J connectivity index is 1.36. The van der Waals surface area contributed by atoms with Gasteiger partial charge in [0.15, 0.2) is 10.8 Å². The average molecular weight is 646 g/mol. The number of aliphatic carboxylic acids is 1. The third kappa shape index (κ3) is 5.73. The van der Waals surface area contributed by atoms with Gasteiger partial charge in [-0.15, -0.1) is 11.3 Å². The van der Waals surface area contributed by atoms with E-state index in [2.05, 4.69) is 10.3 Å². The molecule has 1 saturated carbocycles. The molecule has 45 heavy (non-hydrogen) atoms. The molecule has 14 heteroatoms. The first-order valence-corrected chi connectivity index (χ1v) is 15.9. The summed E-state index contributed by atoms with van der Waals surface area (Å²) < 4.78 is 51.9. The van der Waals surface area contributed by atoms with Gasteiger partial charge in [0, 0.05) is 42.3 Å². The number of nitrogens with one attached hydrogen (secondary N) is 1. The van der Waals surface area contributed by atoms with E-state index in [4.69, 9.17) is 9.73 Å². The number of benzene rings is 1. The molecule has 1 aliphatic carbocycles. The van der Waals surface area contributed by atoms with Crippen molar-refractivity contribution in [3.05, 3.63) is 63.0 Å². The Morgan fingerprint density at radius 1 is 1.22 bits per heavy atom. The van der Waals surface area contributed by atoms with E-state index >= 15 is 8.78 Å². The molecule has 0 radical (unpaired) electrons. The van der Waals surface area contributed by atoms with Crippen molar-refractivity contribution < 1.29 is 37.4 Å². The van der Waals surface area contributed by atoms with Crippen LogP contribution in [0.3, 0.4) is 0 Å². The van der Waals surface area contributed by atoms with Crippen LogP contribution in [0.2, 0.25) is 0 Å². The van der Waals surface area contributed by atoms with Gasteiger partial charge in [-0.05, 0) is 56.7 Å². The Bertz CT molecular complexity index is 1560. The van der Waals surface area contributed by atoms with Crippen molar-refractivity contribution in [3.8, 4) is 0 Å². The fourth-order valence-corrected chi connectivity index (χ4v) is 7.79. The summed E-state index contributed by atoms with van der Waals surface area (Å²) in [6, 6.07) is 0.832. The van der Waals surface area contributed by atoms with Crippen molar-refractivity contribution >= 4 is 35.0 Å². The summed E-state index contributed by atoms with van der Waals surface area (Å²) in [7, 11) is 0. The van der Waals surface area contributed by atoms with Crippen molar-refractivity contribution in [3.63, 3.8) is 0 Å². The van der Waals surface area contributed by atoms with E-state index in [-0.39, 0.29) is 42.3 Å². The van der Waals surface area contributed by atoms with Crippen molar-refractivity contribution in [1.82, 2.24) is 20.1 Å². The number of likely N-dealkylation sites (tertiary alicyclic amines) is 2. The number of thiazole rings is 1. The molecule has 6 rings (SSSR count). The molecule has 4 heterocycles. The van der Waals surface area contributed by atoms with Crippen LogP contribution in [0.25, 0.3) is 0 Å². The number of amidine groups is 1. The van der Waals surface area contributed by atoms with E-state index in [9.17, 15) is 23.9 Å². The number of esters is 1. The Morgan fingerprint density at radius 3 is 2.64 bits per heavy atom. The fraction of sp³-hybridized carbons (Fsp3) is 0.516. The zero-order valence-electron chi connectivity index (χ0n) is 24.8. The summed E-state index contributed by atoms with van der Waals surface area (Å²) in [5, 5.41) is 14.8. The number of halogens is 3. The van der Waals surface area contributed by atoms with Gasteiger partial charge in [-0.25, -0.2) is 22.9 Å². The van der Waals surface area contributed by atoms with Crippen LogP contribution in [-0.4, -0.2) is 87.3 Å². The maximum absolute atomic E-state index is 15.9. The van der Waals surface area contributed by atoms with E-state index in [0.29, 0.717) is 42.1 Å². The summed E-state index contributed by atoms with van der Waals surface area (Å²) in [4.78, 5) is 50.2. The number of carboxylic acids is 1. The third-order valence-corrected chi connectivity index (χ3v) is 10.1. The van der Waals surface area contributed by atoms with Crippen LogP contribution in [0.1, 0.15) is 61.2 Å². The first-order chi connectivity index (χ1) is 21.5. The minimum absolute atomic E-state index is 0.0492. The number of ether oxygens (including phenoxy) is 1. The second-order valence-electron chi connectivity index (χ2n) is 11.9. The zero-order valence-corrected chi connectivity index (χ0v) is 25.7. The Labute approximate surface area is 262 Å². The minimum atomic E-state index is -3.25. The quantitative estimate of drug-likeness (QED) is 0.412. The van der Waals surface area contributed by atoms with Gasteiger partial charge in [-0.2, -0.15) is 0 Å². The molecule has 1 amide bonds. The molecule has 2 N–H and O–H groups in total. The minimum Gasteiger partial charge on any atom is -0.481 e. The molecule has 3 atom stereocenters. The van der Waals surface area contributed by atoms with Crippen LogP contribution >= 0.6 is 11.3 Å². The number of hydrogen-bond acceptors (Lipinski definition) is 9. The number of carbonyl (C=O) groups excluding carboxylic acids is 2. The number of carboxylic acid groups (broad SMARTS) is 1. The number of nitrogens with zero attached hydrogens (tertiary/aromatic N) is 4. The van der Waals surface area contributed by atoms with Crippen molar-refractivity contribution in [1.29, 1.82) is 0 Å². The maximum atomic E-state index is 15.9. The molecule has 1 aromatic carbocycles. The summed E-state index contributed by atoms with van der Waals surface area (Å²) >= 11 is 1.29. The van der Waals surface area contributed by atoms with Crippen LogP contribution in [0.4, 0.5) is 13.2 Å². The SMILES string of the molecule is CCOC(=O)C1=C(CN2CC(F)(F)[C@H]3[C@@H]2CC(=O)N3[C@H]2CC[C@@H](C(=O)O)CC2)NC(c2nccs2)=N[C@H]1c1cccc(F)c1C. The van der Waals surface area contributed by atoms with Gasteiger partial charge < -0.3 is 20.1 Å². The van der Waals surface area contributed by atoms with E-state index in [1.165, 1.54) is 33.3 Å². The number of carbonyl (C=O) groups is 3. The Hall–Kier alpha value is -3.78. The van der Waals surface area contributed by atoms with E-state index in [0.717, 1.165) is 0 Å². The molecule has 1 aromatic heterocycles. The van der Waals surface area contributed by atoms with Crippen molar-refractivity contribution in [2.75, 3.05) is 19.7 Å². The molecule has 4 aliphatic rings. The molecule has 240 valence electrons. The topological polar surface area (TPSA) is 124 Å². The first kappa shape index (κ1) is 31.2. The lowest BCUT2D eigenvalue weighted by Crippen LogP contribution is -2.52. The second-order valence-corrected chi connectivity index (χ2v) is 12.8. The van der Waals surface area contributed by atoms with Crippen LogP contribution in [0.15, 0.2) is 46.0 Å². The number of aliphatic imine (C=N–C) groups is 1. The molecule has 2 aromatic rings. The standard InChI is InChI=1S/C31H34F3N5O5S/c1-3-44-30(43)24-21(36-27(28-35-11-12-45-28)37-25(24)19-5-4-6-20(32)16(19)2)14-38-15-31(33,34)26-22(38)13-23(40)39(26)18-9-7-17(8-10-18)29(41)42/h4-6,11-12,17-18,22,25-26H,3,7-10,13-15H2,1-2H3,(H,36,37)(H,41,42)/t17-,18+,22-,25-,26+/m0/s1. The summed E-state index contributed by atoms with van der Waals surface area (Å²) in [5.74, 6) is -5.96. The van der Waals surface area contributed by atoms with Gasteiger partial charge in [0.1, 0.15) is 17.9 Å². The molecule has 0 unspecified atom stereocenters. The van der Waals surface area contributed by atoms with Gasteiger partial charge in [-0.1, -0.05) is 12.1 Å². The van der Waals surface area contributed by atoms with Crippen LogP contribution in [0.5, 0.6) is 0 Å². The van der Waals surface area contributed by atoms with Crippen molar-refractivity contribution in [2.24, 2.45) is 10.9 Å². The molecular weight excluding hydrogens is 611 g/mol. The Morgan fingerprint density at radius 2 is 1.98 bits per heavy atom. The number of aromatic nitrogens is 1. The number of alkyl halides is 2. The smallest absolute Gasteiger partial charge is 0.338 e. The fourth-order valence-electron chi connectivity index (χ4n) is 7.20. The summed E-state index contributed by atoms with van der Waals surface area (Å²) in [6.07, 6.45) is 2.83. The average Bonchev–Trinajstić information content (AvgIpc) is 3.71. The highest BCUT2D eigenvalue weighted by atomic mass is 32.1. The maximum Gasteiger partial charge on any atom is 0.338 e. The highest BCUT2D eigenvalue weighted by Gasteiger charge is 2.63. The van der Waals surface area contributed by atoms with Gasteiger partial charge in [-0.3, -0.25) is 19.5 Å². The zero-order chi connectivity index (χ0) is 32.0. The number of amides is 1. The van der Waals surface area contributed by atoms with Crippen LogP contribution < -0.4 is 5.32 Å². The first-order valence-electron chi connectivity index (χ1n) is 15.1.